The van der Waals surface area contributed by atoms with Gasteiger partial charge in [0.25, 0.3) is 0 Å². The Balaban J connectivity index is 1.91. The number of H-pyrrole nitrogens is 1. The van der Waals surface area contributed by atoms with Gasteiger partial charge in [0.15, 0.2) is 0 Å². The molecular formula is C16H20N2S. The summed E-state index contributed by atoms with van der Waals surface area (Å²) in [5.74, 6) is 0. The van der Waals surface area contributed by atoms with Crippen molar-refractivity contribution in [3.05, 3.63) is 41.0 Å². The fraction of sp³-hybridized carbons (Fsp3) is 0.438. The predicted molar refractivity (Wildman–Crippen MR) is 81.8 cm³/mol. The molecule has 1 heterocycles. The van der Waals surface area contributed by atoms with Gasteiger partial charge in [0, 0.05) is 0 Å². The Labute approximate surface area is 119 Å². The zero-order valence-electron chi connectivity index (χ0n) is 11.1. The van der Waals surface area contributed by atoms with Crippen LogP contribution < -0.4 is 0 Å². The molecule has 1 aliphatic carbocycles. The maximum atomic E-state index is 5.53. The normalized spacial score (nSPS) is 17.3. The highest BCUT2D eigenvalue weighted by molar-refractivity contribution is 7.71. The summed E-state index contributed by atoms with van der Waals surface area (Å²) in [6, 6.07) is 13.1. The molecule has 1 aliphatic rings. The largest absolute Gasteiger partial charge is 0.297 e. The molecule has 1 aromatic carbocycles. The lowest BCUT2D eigenvalue weighted by atomic mass is 10.1. The van der Waals surface area contributed by atoms with Crippen LogP contribution in [0.1, 0.15) is 44.6 Å². The van der Waals surface area contributed by atoms with Crippen molar-refractivity contribution in [2.75, 3.05) is 0 Å². The van der Waals surface area contributed by atoms with E-state index in [1.54, 1.807) is 0 Å². The molecule has 100 valence electrons. The number of aromatic amines is 1. The number of rotatable bonds is 2. The molecule has 0 amide bonds. The van der Waals surface area contributed by atoms with Crippen molar-refractivity contribution in [3.8, 4) is 11.3 Å². The molecule has 2 nitrogen and oxygen atoms in total. The molecule has 0 atom stereocenters. The number of nitrogens with one attached hydrogen (secondary N) is 1. The monoisotopic (exact) mass is 272 g/mol. The first-order chi connectivity index (χ1) is 9.34. The molecule has 3 heteroatoms. The SMILES string of the molecule is S=c1cc(-c2ccccc2)[nH]n1C1CCCCCC1. The average Bonchev–Trinajstić information content (AvgIpc) is 2.66. The molecule has 2 aromatic rings. The summed E-state index contributed by atoms with van der Waals surface area (Å²) >= 11 is 5.53. The smallest absolute Gasteiger partial charge is 0.122 e. The van der Waals surface area contributed by atoms with Crippen molar-refractivity contribution in [1.29, 1.82) is 0 Å². The Kier molecular flexibility index (Phi) is 3.83. The van der Waals surface area contributed by atoms with E-state index >= 15 is 0 Å². The van der Waals surface area contributed by atoms with Crippen LogP contribution in [0.3, 0.4) is 0 Å². The van der Waals surface area contributed by atoms with Gasteiger partial charge >= 0.3 is 0 Å². The van der Waals surface area contributed by atoms with Crippen LogP contribution in [0.4, 0.5) is 0 Å². The predicted octanol–water partition coefficient (Wildman–Crippen LogP) is 5.11. The summed E-state index contributed by atoms with van der Waals surface area (Å²) in [6.45, 7) is 0. The van der Waals surface area contributed by atoms with Crippen LogP contribution in [0.2, 0.25) is 0 Å². The summed E-state index contributed by atoms with van der Waals surface area (Å²) in [5, 5.41) is 3.51. The molecule has 3 rings (SSSR count). The molecular weight excluding hydrogens is 252 g/mol. The van der Waals surface area contributed by atoms with Gasteiger partial charge in [-0.1, -0.05) is 68.2 Å². The molecule has 1 fully saturated rings. The van der Waals surface area contributed by atoms with E-state index in [1.165, 1.54) is 44.1 Å². The van der Waals surface area contributed by atoms with E-state index in [0.29, 0.717) is 6.04 Å². The molecule has 0 unspecified atom stereocenters. The summed E-state index contributed by atoms with van der Waals surface area (Å²) < 4.78 is 3.15. The molecule has 0 bridgehead atoms. The average molecular weight is 272 g/mol. The molecule has 0 spiro atoms. The Hall–Kier alpha value is -1.35. The number of hydrogen-bond donors (Lipinski definition) is 1. The first-order valence-electron chi connectivity index (χ1n) is 7.21. The Morgan fingerprint density at radius 1 is 1.00 bits per heavy atom. The standard InChI is InChI=1S/C16H20N2S/c19-16-12-15(13-8-4-3-5-9-13)17-18(16)14-10-6-1-2-7-11-14/h3-5,8-9,12,14,17H,1-2,6-7,10-11H2. The van der Waals surface area contributed by atoms with E-state index < -0.39 is 0 Å². The highest BCUT2D eigenvalue weighted by Gasteiger charge is 2.15. The third kappa shape index (κ3) is 2.81. The summed E-state index contributed by atoms with van der Waals surface area (Å²) in [4.78, 5) is 0. The lowest BCUT2D eigenvalue weighted by Gasteiger charge is -2.15. The maximum absolute atomic E-state index is 5.53. The second-order valence-electron chi connectivity index (χ2n) is 5.39. The van der Waals surface area contributed by atoms with Crippen LogP contribution in [0.25, 0.3) is 11.3 Å². The van der Waals surface area contributed by atoms with E-state index in [2.05, 4.69) is 40.1 Å². The van der Waals surface area contributed by atoms with Gasteiger partial charge in [-0.15, -0.1) is 0 Å². The fourth-order valence-corrected chi connectivity index (χ4v) is 3.28. The van der Waals surface area contributed by atoms with Gasteiger partial charge in [0.1, 0.15) is 4.64 Å². The second-order valence-corrected chi connectivity index (χ2v) is 5.81. The zero-order valence-corrected chi connectivity index (χ0v) is 12.0. The number of nitrogens with zero attached hydrogens (tertiary/aromatic N) is 1. The first kappa shape index (κ1) is 12.7. The van der Waals surface area contributed by atoms with Crippen molar-refractivity contribution >= 4 is 12.2 Å². The number of benzene rings is 1. The van der Waals surface area contributed by atoms with E-state index in [9.17, 15) is 0 Å². The van der Waals surface area contributed by atoms with E-state index in [0.717, 1.165) is 10.3 Å². The van der Waals surface area contributed by atoms with Crippen LogP contribution in [0.15, 0.2) is 36.4 Å². The minimum Gasteiger partial charge on any atom is -0.297 e. The molecule has 19 heavy (non-hydrogen) atoms. The van der Waals surface area contributed by atoms with E-state index in [-0.39, 0.29) is 0 Å². The van der Waals surface area contributed by atoms with E-state index in [4.69, 9.17) is 12.2 Å². The van der Waals surface area contributed by atoms with Crippen LogP contribution in [0, 0.1) is 4.64 Å². The van der Waals surface area contributed by atoms with Crippen molar-refractivity contribution in [1.82, 2.24) is 9.78 Å². The third-order valence-electron chi connectivity index (χ3n) is 4.02. The number of aromatic nitrogens is 2. The van der Waals surface area contributed by atoms with Gasteiger partial charge in [-0.3, -0.25) is 9.78 Å². The van der Waals surface area contributed by atoms with Crippen molar-refractivity contribution < 1.29 is 0 Å². The molecule has 1 N–H and O–H groups in total. The Morgan fingerprint density at radius 3 is 2.37 bits per heavy atom. The highest BCUT2D eigenvalue weighted by atomic mass is 32.1. The van der Waals surface area contributed by atoms with Crippen LogP contribution in [-0.2, 0) is 0 Å². The molecule has 0 saturated heterocycles. The van der Waals surface area contributed by atoms with Gasteiger partial charge < -0.3 is 0 Å². The summed E-state index contributed by atoms with van der Waals surface area (Å²) in [5.41, 5.74) is 2.34. The van der Waals surface area contributed by atoms with Gasteiger partial charge in [-0.25, -0.2) is 0 Å². The molecule has 1 aromatic heterocycles. The Bertz CT molecular complexity index is 574. The molecule has 1 saturated carbocycles. The second kappa shape index (κ2) is 5.74. The third-order valence-corrected chi connectivity index (χ3v) is 4.34. The zero-order chi connectivity index (χ0) is 13.1. The topological polar surface area (TPSA) is 20.7 Å². The van der Waals surface area contributed by atoms with Gasteiger partial charge in [0.05, 0.1) is 11.7 Å². The van der Waals surface area contributed by atoms with Crippen molar-refractivity contribution in [3.63, 3.8) is 0 Å². The van der Waals surface area contributed by atoms with Crippen molar-refractivity contribution in [2.45, 2.75) is 44.6 Å². The molecule has 0 radical (unpaired) electrons. The van der Waals surface area contributed by atoms with Crippen LogP contribution in [0.5, 0.6) is 0 Å². The summed E-state index contributed by atoms with van der Waals surface area (Å²) in [6.07, 6.45) is 7.90. The van der Waals surface area contributed by atoms with Crippen LogP contribution in [-0.4, -0.2) is 9.78 Å². The minimum atomic E-state index is 0.562. The fourth-order valence-electron chi connectivity index (χ4n) is 2.96. The lowest BCUT2D eigenvalue weighted by Crippen LogP contribution is -2.09. The first-order valence-corrected chi connectivity index (χ1v) is 7.62. The van der Waals surface area contributed by atoms with Gasteiger partial charge in [-0.2, -0.15) is 0 Å². The van der Waals surface area contributed by atoms with Gasteiger partial charge in [0.2, 0.25) is 0 Å². The maximum Gasteiger partial charge on any atom is 0.122 e. The lowest BCUT2D eigenvalue weighted by molar-refractivity contribution is 0.402. The van der Waals surface area contributed by atoms with Crippen molar-refractivity contribution in [2.24, 2.45) is 0 Å². The Morgan fingerprint density at radius 2 is 1.68 bits per heavy atom. The number of hydrogen-bond acceptors (Lipinski definition) is 1. The quantitative estimate of drug-likeness (QED) is 0.595. The van der Waals surface area contributed by atoms with Crippen LogP contribution >= 0.6 is 12.2 Å². The summed E-state index contributed by atoms with van der Waals surface area (Å²) in [7, 11) is 0. The molecule has 0 aliphatic heterocycles. The highest BCUT2D eigenvalue weighted by Crippen LogP contribution is 2.28. The van der Waals surface area contributed by atoms with E-state index in [1.807, 2.05) is 6.07 Å². The van der Waals surface area contributed by atoms with Gasteiger partial charge in [-0.05, 0) is 24.5 Å². The minimum absolute atomic E-state index is 0.562.